The normalized spacial score (nSPS) is 21.2. The number of nitrogens with zero attached hydrogens (tertiary/aromatic N) is 3. The Morgan fingerprint density at radius 1 is 1.16 bits per heavy atom. The van der Waals surface area contributed by atoms with Crippen molar-refractivity contribution in [3.05, 3.63) is 64.9 Å². The van der Waals surface area contributed by atoms with E-state index in [-0.39, 0.29) is 17.9 Å². The molecule has 2 heterocycles. The highest BCUT2D eigenvalue weighted by atomic mass is 35.5. The number of imidazole rings is 1. The van der Waals surface area contributed by atoms with Crippen LogP contribution in [0.1, 0.15) is 48.8 Å². The number of nitrogens with one attached hydrogen (secondary N) is 1. The molecule has 1 fully saturated rings. The number of amides is 2. The van der Waals surface area contributed by atoms with E-state index >= 15 is 0 Å². The number of carbonyl (C=O) groups excluding carboxylic acids is 2. The summed E-state index contributed by atoms with van der Waals surface area (Å²) in [6.07, 6.45) is 4.91. The fourth-order valence-electron chi connectivity index (χ4n) is 4.98. The van der Waals surface area contributed by atoms with E-state index in [2.05, 4.69) is 10.3 Å². The molecule has 1 aliphatic carbocycles. The summed E-state index contributed by atoms with van der Waals surface area (Å²) in [6.45, 7) is 2.70. The Balaban J connectivity index is 1.50. The Bertz CT molecular complexity index is 1170. The molecule has 1 N–H and O–H groups in total. The van der Waals surface area contributed by atoms with E-state index < -0.39 is 5.54 Å². The van der Waals surface area contributed by atoms with Crippen LogP contribution in [0.15, 0.2) is 48.5 Å². The molecule has 166 valence electrons. The lowest BCUT2D eigenvalue weighted by Crippen LogP contribution is -2.65. The highest BCUT2D eigenvalue weighted by Crippen LogP contribution is 2.31. The minimum atomic E-state index is -0.997. The van der Waals surface area contributed by atoms with Crippen molar-refractivity contribution in [1.29, 1.82) is 0 Å². The first-order valence-corrected chi connectivity index (χ1v) is 11.7. The molecule has 2 aliphatic rings. The second kappa shape index (κ2) is 8.24. The molecule has 0 bridgehead atoms. The fourth-order valence-corrected chi connectivity index (χ4v) is 5.11. The summed E-state index contributed by atoms with van der Waals surface area (Å²) in [6, 6.07) is 15.5. The van der Waals surface area contributed by atoms with Crippen LogP contribution in [0, 0.1) is 0 Å². The summed E-state index contributed by atoms with van der Waals surface area (Å²) >= 11 is 6.02. The van der Waals surface area contributed by atoms with Gasteiger partial charge in [-0.2, -0.15) is 0 Å². The maximum absolute atomic E-state index is 13.7. The van der Waals surface area contributed by atoms with Crippen LogP contribution in [0.25, 0.3) is 11.0 Å². The molecule has 2 aromatic carbocycles. The lowest BCUT2D eigenvalue weighted by atomic mass is 9.93. The first-order valence-electron chi connectivity index (χ1n) is 11.3. The topological polar surface area (TPSA) is 67.2 Å². The monoisotopic (exact) mass is 450 g/mol. The van der Waals surface area contributed by atoms with Crippen LogP contribution in [-0.2, 0) is 17.8 Å². The van der Waals surface area contributed by atoms with Gasteiger partial charge in [-0.1, -0.05) is 48.7 Å². The van der Waals surface area contributed by atoms with Crippen molar-refractivity contribution in [2.45, 2.75) is 57.2 Å². The van der Waals surface area contributed by atoms with Gasteiger partial charge >= 0.3 is 0 Å². The lowest BCUT2D eigenvalue weighted by molar-refractivity contribution is -0.133. The van der Waals surface area contributed by atoms with Gasteiger partial charge in [-0.05, 0) is 56.0 Å². The molecular formula is C25H27ClN4O2. The zero-order valence-electron chi connectivity index (χ0n) is 18.2. The summed E-state index contributed by atoms with van der Waals surface area (Å²) in [7, 11) is 0. The van der Waals surface area contributed by atoms with Gasteiger partial charge in [-0.25, -0.2) is 4.98 Å². The van der Waals surface area contributed by atoms with Crippen LogP contribution in [0.2, 0.25) is 5.02 Å². The molecule has 0 radical (unpaired) electrons. The van der Waals surface area contributed by atoms with Gasteiger partial charge < -0.3 is 14.8 Å². The molecule has 6 nitrogen and oxygen atoms in total. The number of aromatic nitrogens is 2. The molecule has 1 atom stereocenters. The van der Waals surface area contributed by atoms with Crippen molar-refractivity contribution in [2.24, 2.45) is 0 Å². The molecule has 2 amide bonds. The van der Waals surface area contributed by atoms with Gasteiger partial charge in [0.05, 0.1) is 17.6 Å². The van der Waals surface area contributed by atoms with Crippen LogP contribution >= 0.6 is 11.6 Å². The Hall–Kier alpha value is -2.86. The summed E-state index contributed by atoms with van der Waals surface area (Å²) in [5.74, 6) is 0.108. The molecule has 3 aromatic rings. The number of benzene rings is 2. The van der Waals surface area contributed by atoms with Crippen molar-refractivity contribution < 1.29 is 9.59 Å². The number of para-hydroxylation sites is 2. The van der Waals surface area contributed by atoms with Crippen molar-refractivity contribution in [1.82, 2.24) is 19.8 Å². The predicted molar refractivity (Wildman–Crippen MR) is 125 cm³/mol. The summed E-state index contributed by atoms with van der Waals surface area (Å²) < 4.78 is 1.91. The lowest BCUT2D eigenvalue weighted by Gasteiger charge is -2.44. The fraction of sp³-hybridized carbons (Fsp3) is 0.400. The van der Waals surface area contributed by atoms with Gasteiger partial charge in [0.2, 0.25) is 5.91 Å². The third-order valence-corrected chi connectivity index (χ3v) is 7.12. The van der Waals surface area contributed by atoms with Crippen LogP contribution in [-0.4, -0.2) is 44.4 Å². The van der Waals surface area contributed by atoms with E-state index in [1.807, 2.05) is 60.0 Å². The predicted octanol–water partition coefficient (Wildman–Crippen LogP) is 4.21. The van der Waals surface area contributed by atoms with Gasteiger partial charge in [0.25, 0.3) is 5.91 Å². The van der Waals surface area contributed by atoms with Crippen molar-refractivity contribution >= 4 is 34.4 Å². The molecule has 0 saturated heterocycles. The average molecular weight is 451 g/mol. The highest BCUT2D eigenvalue weighted by Gasteiger charge is 2.48. The maximum atomic E-state index is 13.7. The number of carbonyl (C=O) groups is 2. The third kappa shape index (κ3) is 3.66. The zero-order valence-corrected chi connectivity index (χ0v) is 18.9. The molecule has 1 aromatic heterocycles. The van der Waals surface area contributed by atoms with E-state index in [1.54, 1.807) is 4.90 Å². The maximum Gasteiger partial charge on any atom is 0.290 e. The zero-order chi connectivity index (χ0) is 22.3. The number of halogens is 1. The third-order valence-electron chi connectivity index (χ3n) is 6.87. The molecule has 7 heteroatoms. The Kier molecular flexibility index (Phi) is 5.41. The first kappa shape index (κ1) is 21.0. The first-order chi connectivity index (χ1) is 15.5. The standard InChI is InChI=1S/C25H27ClN4O2/c1-25(24(32)27-19-6-2-3-7-19)16-29-21-9-5-4-8-20(21)28-22(29)23(31)30(25)15-14-17-10-12-18(26)13-11-17/h4-5,8-13,19H,2-3,6-7,14-16H2,1H3,(H,27,32)/t25-/m0/s1. The van der Waals surface area contributed by atoms with Gasteiger partial charge in [0, 0.05) is 17.6 Å². The van der Waals surface area contributed by atoms with Gasteiger partial charge in [0.1, 0.15) is 5.54 Å². The Morgan fingerprint density at radius 3 is 2.62 bits per heavy atom. The van der Waals surface area contributed by atoms with Crippen molar-refractivity contribution in [3.63, 3.8) is 0 Å². The van der Waals surface area contributed by atoms with Crippen molar-refractivity contribution in [2.75, 3.05) is 6.54 Å². The van der Waals surface area contributed by atoms with Gasteiger partial charge in [-0.3, -0.25) is 9.59 Å². The SMILES string of the molecule is C[C@@]1(C(=O)NC2CCCC2)Cn2c(nc3ccccc32)C(=O)N1CCc1ccc(Cl)cc1. The van der Waals surface area contributed by atoms with Gasteiger partial charge in [0.15, 0.2) is 5.82 Å². The van der Waals surface area contributed by atoms with Crippen LogP contribution in [0.3, 0.4) is 0 Å². The minimum absolute atomic E-state index is 0.0858. The molecule has 32 heavy (non-hydrogen) atoms. The van der Waals surface area contributed by atoms with E-state index in [1.165, 1.54) is 0 Å². The molecule has 0 spiro atoms. The van der Waals surface area contributed by atoms with Crippen molar-refractivity contribution in [3.8, 4) is 0 Å². The number of rotatable bonds is 5. The van der Waals surface area contributed by atoms with E-state index in [4.69, 9.17) is 11.6 Å². The highest BCUT2D eigenvalue weighted by molar-refractivity contribution is 6.30. The molecule has 1 aliphatic heterocycles. The number of hydrogen-bond donors (Lipinski definition) is 1. The quantitative estimate of drug-likeness (QED) is 0.633. The molecule has 1 saturated carbocycles. The number of fused-ring (bicyclic) bond motifs is 3. The summed E-state index contributed by atoms with van der Waals surface area (Å²) in [4.78, 5) is 33.6. The Labute approximate surface area is 192 Å². The van der Waals surface area contributed by atoms with E-state index in [0.717, 1.165) is 42.3 Å². The second-order valence-corrected chi connectivity index (χ2v) is 9.51. The Morgan fingerprint density at radius 2 is 1.88 bits per heavy atom. The average Bonchev–Trinajstić information content (AvgIpc) is 3.43. The largest absolute Gasteiger partial charge is 0.351 e. The summed E-state index contributed by atoms with van der Waals surface area (Å²) in [5, 5.41) is 3.91. The van der Waals surface area contributed by atoms with E-state index in [0.29, 0.717) is 30.4 Å². The minimum Gasteiger partial charge on any atom is -0.351 e. The van der Waals surface area contributed by atoms with Gasteiger partial charge in [-0.15, -0.1) is 0 Å². The smallest absolute Gasteiger partial charge is 0.290 e. The second-order valence-electron chi connectivity index (χ2n) is 9.07. The molecular weight excluding hydrogens is 424 g/mol. The van der Waals surface area contributed by atoms with Crippen LogP contribution < -0.4 is 5.32 Å². The van der Waals surface area contributed by atoms with E-state index in [9.17, 15) is 9.59 Å². The summed E-state index contributed by atoms with van der Waals surface area (Å²) in [5.41, 5.74) is 1.73. The van der Waals surface area contributed by atoms with Crippen LogP contribution in [0.4, 0.5) is 0 Å². The molecule has 0 unspecified atom stereocenters. The molecule has 5 rings (SSSR count). The number of hydrogen-bond acceptors (Lipinski definition) is 3. The van der Waals surface area contributed by atoms with Crippen LogP contribution in [0.5, 0.6) is 0 Å².